The van der Waals surface area contributed by atoms with Gasteiger partial charge in [0.25, 0.3) is 0 Å². The molecule has 1 aliphatic carbocycles. The lowest BCUT2D eigenvalue weighted by Crippen LogP contribution is -2.37. The topological polar surface area (TPSA) is 15.3 Å². The summed E-state index contributed by atoms with van der Waals surface area (Å²) in [6.45, 7) is 10.4. The summed E-state index contributed by atoms with van der Waals surface area (Å²) in [7, 11) is 0. The highest BCUT2D eigenvalue weighted by molar-refractivity contribution is 4.86. The molecule has 0 aliphatic heterocycles. The molecule has 1 aliphatic rings. The fourth-order valence-electron chi connectivity index (χ4n) is 2.11. The highest BCUT2D eigenvalue weighted by Gasteiger charge is 2.30. The molecule has 1 N–H and O–H groups in total. The Morgan fingerprint density at radius 1 is 1.29 bits per heavy atom. The number of hydrogen-bond acceptors (Lipinski definition) is 2. The van der Waals surface area contributed by atoms with E-state index in [0.29, 0.717) is 0 Å². The zero-order valence-electron chi connectivity index (χ0n) is 10.1. The molecular weight excluding hydrogens is 172 g/mol. The molecule has 1 fully saturated rings. The van der Waals surface area contributed by atoms with Gasteiger partial charge < -0.3 is 5.32 Å². The third-order valence-corrected chi connectivity index (χ3v) is 3.11. The van der Waals surface area contributed by atoms with Crippen molar-refractivity contribution in [1.29, 1.82) is 0 Å². The third-order valence-electron chi connectivity index (χ3n) is 3.11. The van der Waals surface area contributed by atoms with Crippen molar-refractivity contribution in [3.63, 3.8) is 0 Å². The first-order valence-electron chi connectivity index (χ1n) is 6.26. The second-order valence-electron chi connectivity index (χ2n) is 4.45. The van der Waals surface area contributed by atoms with Gasteiger partial charge in [-0.1, -0.05) is 13.8 Å². The van der Waals surface area contributed by atoms with Gasteiger partial charge in [-0.3, -0.25) is 4.90 Å². The van der Waals surface area contributed by atoms with Gasteiger partial charge >= 0.3 is 0 Å². The van der Waals surface area contributed by atoms with Crippen molar-refractivity contribution in [3.8, 4) is 0 Å². The molecule has 0 saturated heterocycles. The van der Waals surface area contributed by atoms with Crippen LogP contribution in [-0.2, 0) is 0 Å². The van der Waals surface area contributed by atoms with Gasteiger partial charge in [0.05, 0.1) is 0 Å². The highest BCUT2D eigenvalue weighted by atomic mass is 15.2. The summed E-state index contributed by atoms with van der Waals surface area (Å²) in [6.07, 6.45) is 5.40. The van der Waals surface area contributed by atoms with Crippen molar-refractivity contribution in [2.24, 2.45) is 0 Å². The molecule has 0 aromatic heterocycles. The quantitative estimate of drug-likeness (QED) is 0.602. The summed E-state index contributed by atoms with van der Waals surface area (Å²) in [5.41, 5.74) is 0. The van der Waals surface area contributed by atoms with Crippen LogP contribution in [0.5, 0.6) is 0 Å². The van der Waals surface area contributed by atoms with E-state index < -0.39 is 0 Å². The SMILES string of the molecule is CCCNCCC(C)N(CC)C1CC1. The molecule has 0 radical (unpaired) electrons. The Morgan fingerprint density at radius 2 is 2.00 bits per heavy atom. The third kappa shape index (κ3) is 3.97. The van der Waals surface area contributed by atoms with E-state index in [1.165, 1.54) is 45.3 Å². The van der Waals surface area contributed by atoms with Gasteiger partial charge in [0.2, 0.25) is 0 Å². The van der Waals surface area contributed by atoms with Crippen LogP contribution in [0.15, 0.2) is 0 Å². The van der Waals surface area contributed by atoms with Crippen LogP contribution in [0, 0.1) is 0 Å². The maximum atomic E-state index is 3.48. The molecule has 0 spiro atoms. The second kappa shape index (κ2) is 6.41. The van der Waals surface area contributed by atoms with E-state index in [0.717, 1.165) is 12.1 Å². The van der Waals surface area contributed by atoms with Crippen molar-refractivity contribution in [2.45, 2.75) is 58.5 Å². The Labute approximate surface area is 89.1 Å². The maximum Gasteiger partial charge on any atom is 0.00991 e. The van der Waals surface area contributed by atoms with E-state index in [2.05, 4.69) is 31.0 Å². The lowest BCUT2D eigenvalue weighted by atomic mass is 10.2. The van der Waals surface area contributed by atoms with Crippen molar-refractivity contribution in [1.82, 2.24) is 10.2 Å². The predicted molar refractivity (Wildman–Crippen MR) is 62.6 cm³/mol. The number of nitrogens with zero attached hydrogens (tertiary/aromatic N) is 1. The average molecular weight is 198 g/mol. The molecule has 1 atom stereocenters. The molecule has 2 nitrogen and oxygen atoms in total. The minimum Gasteiger partial charge on any atom is -0.317 e. The van der Waals surface area contributed by atoms with Gasteiger partial charge in [0, 0.05) is 12.1 Å². The summed E-state index contributed by atoms with van der Waals surface area (Å²) in [5, 5.41) is 3.48. The zero-order chi connectivity index (χ0) is 10.4. The minimum atomic E-state index is 0.761. The van der Waals surface area contributed by atoms with Crippen LogP contribution in [0.1, 0.15) is 46.5 Å². The molecule has 1 rings (SSSR count). The van der Waals surface area contributed by atoms with Gasteiger partial charge in [0.1, 0.15) is 0 Å². The van der Waals surface area contributed by atoms with Crippen LogP contribution in [0.25, 0.3) is 0 Å². The molecule has 0 aromatic rings. The smallest absolute Gasteiger partial charge is 0.00991 e. The van der Waals surface area contributed by atoms with Crippen LogP contribution in [0.2, 0.25) is 0 Å². The van der Waals surface area contributed by atoms with Crippen molar-refractivity contribution in [3.05, 3.63) is 0 Å². The van der Waals surface area contributed by atoms with E-state index in [-0.39, 0.29) is 0 Å². The Balaban J connectivity index is 2.08. The normalized spacial score (nSPS) is 18.9. The van der Waals surface area contributed by atoms with E-state index in [9.17, 15) is 0 Å². The zero-order valence-corrected chi connectivity index (χ0v) is 10.1. The van der Waals surface area contributed by atoms with Crippen LogP contribution >= 0.6 is 0 Å². The van der Waals surface area contributed by atoms with Gasteiger partial charge in [0.15, 0.2) is 0 Å². The first-order chi connectivity index (χ1) is 6.79. The predicted octanol–water partition coefficient (Wildman–Crippen LogP) is 2.25. The number of nitrogens with one attached hydrogen (secondary N) is 1. The summed E-state index contributed by atoms with van der Waals surface area (Å²) < 4.78 is 0. The minimum absolute atomic E-state index is 0.761. The first kappa shape index (κ1) is 12.0. The van der Waals surface area contributed by atoms with Crippen LogP contribution in [-0.4, -0.2) is 36.6 Å². The van der Waals surface area contributed by atoms with Crippen LogP contribution < -0.4 is 5.32 Å². The van der Waals surface area contributed by atoms with E-state index in [1.54, 1.807) is 0 Å². The molecule has 0 bridgehead atoms. The molecule has 2 heteroatoms. The Kier molecular flexibility index (Phi) is 5.49. The molecule has 0 heterocycles. The maximum absolute atomic E-state index is 3.48. The molecule has 0 amide bonds. The van der Waals surface area contributed by atoms with Gasteiger partial charge in [-0.05, 0) is 52.2 Å². The van der Waals surface area contributed by atoms with Crippen molar-refractivity contribution >= 4 is 0 Å². The van der Waals surface area contributed by atoms with Crippen LogP contribution in [0.4, 0.5) is 0 Å². The Hall–Kier alpha value is -0.0800. The van der Waals surface area contributed by atoms with E-state index in [1.807, 2.05) is 0 Å². The fraction of sp³-hybridized carbons (Fsp3) is 1.00. The molecule has 14 heavy (non-hydrogen) atoms. The standard InChI is InChI=1S/C12H26N2/c1-4-9-13-10-8-11(3)14(5-2)12-6-7-12/h11-13H,4-10H2,1-3H3. The molecular formula is C12H26N2. The lowest BCUT2D eigenvalue weighted by Gasteiger charge is -2.27. The summed E-state index contributed by atoms with van der Waals surface area (Å²) in [4.78, 5) is 2.66. The fourth-order valence-corrected chi connectivity index (χ4v) is 2.11. The molecule has 1 unspecified atom stereocenters. The molecule has 84 valence electrons. The average Bonchev–Trinajstić information content (AvgIpc) is 2.98. The van der Waals surface area contributed by atoms with E-state index in [4.69, 9.17) is 0 Å². The van der Waals surface area contributed by atoms with E-state index >= 15 is 0 Å². The summed E-state index contributed by atoms with van der Waals surface area (Å²) in [6, 6.07) is 1.68. The van der Waals surface area contributed by atoms with Gasteiger partial charge in [-0.2, -0.15) is 0 Å². The molecule has 1 saturated carbocycles. The second-order valence-corrected chi connectivity index (χ2v) is 4.45. The highest BCUT2D eigenvalue weighted by Crippen LogP contribution is 2.28. The van der Waals surface area contributed by atoms with Crippen molar-refractivity contribution < 1.29 is 0 Å². The largest absolute Gasteiger partial charge is 0.317 e. The van der Waals surface area contributed by atoms with Crippen LogP contribution in [0.3, 0.4) is 0 Å². The van der Waals surface area contributed by atoms with Crippen molar-refractivity contribution in [2.75, 3.05) is 19.6 Å². The van der Waals surface area contributed by atoms with Gasteiger partial charge in [-0.15, -0.1) is 0 Å². The van der Waals surface area contributed by atoms with Gasteiger partial charge in [-0.25, -0.2) is 0 Å². The number of rotatable bonds is 8. The summed E-state index contributed by atoms with van der Waals surface area (Å²) >= 11 is 0. The Bertz CT molecular complexity index is 143. The first-order valence-corrected chi connectivity index (χ1v) is 6.26. The molecule has 0 aromatic carbocycles. The monoisotopic (exact) mass is 198 g/mol. The summed E-state index contributed by atoms with van der Waals surface area (Å²) in [5.74, 6) is 0. The Morgan fingerprint density at radius 3 is 2.50 bits per heavy atom. The number of hydrogen-bond donors (Lipinski definition) is 1. The lowest BCUT2D eigenvalue weighted by molar-refractivity contribution is 0.199.